The van der Waals surface area contributed by atoms with Gasteiger partial charge >= 0.3 is 6.61 Å². The maximum Gasteiger partial charge on any atom is 0.387 e. The summed E-state index contributed by atoms with van der Waals surface area (Å²) < 4.78 is 28.2. The van der Waals surface area contributed by atoms with E-state index in [-0.39, 0.29) is 18.9 Å². The third-order valence-electron chi connectivity index (χ3n) is 2.16. The van der Waals surface area contributed by atoms with Gasteiger partial charge in [0.15, 0.2) is 0 Å². The van der Waals surface area contributed by atoms with Crippen LogP contribution in [0.3, 0.4) is 0 Å². The predicted molar refractivity (Wildman–Crippen MR) is 59.4 cm³/mol. The van der Waals surface area contributed by atoms with E-state index in [0.717, 1.165) is 0 Å². The average molecular weight is 247 g/mol. The van der Waals surface area contributed by atoms with Gasteiger partial charge in [0, 0.05) is 12.2 Å². The molecule has 6 heteroatoms. The summed E-state index contributed by atoms with van der Waals surface area (Å²) in [5, 5.41) is 20.7. The van der Waals surface area contributed by atoms with Gasteiger partial charge < -0.3 is 20.3 Å². The van der Waals surface area contributed by atoms with Crippen LogP contribution in [-0.4, -0.2) is 36.1 Å². The minimum Gasteiger partial charge on any atom is -0.435 e. The molecule has 1 aromatic rings. The first-order valence-electron chi connectivity index (χ1n) is 5.11. The van der Waals surface area contributed by atoms with Crippen molar-refractivity contribution >= 4 is 5.69 Å². The van der Waals surface area contributed by atoms with Crippen molar-refractivity contribution in [3.05, 3.63) is 23.8 Å². The van der Waals surface area contributed by atoms with E-state index in [2.05, 4.69) is 10.1 Å². The number of hydrogen-bond acceptors (Lipinski definition) is 4. The summed E-state index contributed by atoms with van der Waals surface area (Å²) in [6.45, 7) is -1.26. The summed E-state index contributed by atoms with van der Waals surface area (Å²) in [5.74, 6) is 0.0887. The van der Waals surface area contributed by atoms with E-state index in [1.54, 1.807) is 13.0 Å². The van der Waals surface area contributed by atoms with E-state index in [1.807, 2.05) is 0 Å². The molecule has 0 amide bonds. The third kappa shape index (κ3) is 4.54. The van der Waals surface area contributed by atoms with Gasteiger partial charge in [-0.15, -0.1) is 0 Å². The summed E-state index contributed by atoms with van der Waals surface area (Å²) >= 11 is 0. The highest BCUT2D eigenvalue weighted by atomic mass is 19.3. The van der Waals surface area contributed by atoms with Crippen molar-refractivity contribution in [2.75, 3.05) is 18.5 Å². The SMILES string of the molecule is Cc1cc(OC(F)F)ccc1NCC(O)CO. The number of aryl methyl sites for hydroxylation is 1. The number of ether oxygens (including phenoxy) is 1. The minimum absolute atomic E-state index is 0.0887. The molecule has 0 bridgehead atoms. The Balaban J connectivity index is 2.63. The van der Waals surface area contributed by atoms with Gasteiger partial charge in [-0.1, -0.05) is 0 Å². The Morgan fingerprint density at radius 2 is 2.12 bits per heavy atom. The quantitative estimate of drug-likeness (QED) is 0.710. The Kier molecular flexibility index (Phi) is 5.11. The Hall–Kier alpha value is -1.40. The lowest BCUT2D eigenvalue weighted by Gasteiger charge is -2.13. The van der Waals surface area contributed by atoms with E-state index in [0.29, 0.717) is 11.3 Å². The predicted octanol–water partition coefficient (Wildman–Crippen LogP) is 1.36. The Morgan fingerprint density at radius 3 is 2.65 bits per heavy atom. The number of aliphatic hydroxyl groups excluding tert-OH is 2. The molecule has 0 spiro atoms. The Labute approximate surface area is 97.8 Å². The minimum atomic E-state index is -2.84. The summed E-state index contributed by atoms with van der Waals surface area (Å²) in [4.78, 5) is 0. The molecular formula is C11H15F2NO3. The monoisotopic (exact) mass is 247 g/mol. The van der Waals surface area contributed by atoms with Crippen LogP contribution in [0.2, 0.25) is 0 Å². The number of nitrogens with one attached hydrogen (secondary N) is 1. The van der Waals surface area contributed by atoms with E-state index in [1.165, 1.54) is 12.1 Å². The van der Waals surface area contributed by atoms with Crippen molar-refractivity contribution in [3.63, 3.8) is 0 Å². The molecule has 1 atom stereocenters. The Bertz CT molecular complexity index is 361. The zero-order chi connectivity index (χ0) is 12.8. The molecule has 0 saturated heterocycles. The molecule has 4 nitrogen and oxygen atoms in total. The first kappa shape index (κ1) is 13.7. The van der Waals surface area contributed by atoms with E-state index in [9.17, 15) is 8.78 Å². The zero-order valence-corrected chi connectivity index (χ0v) is 9.36. The number of halogens is 2. The van der Waals surface area contributed by atoms with Crippen LogP contribution in [0.4, 0.5) is 14.5 Å². The second kappa shape index (κ2) is 6.36. The molecule has 1 rings (SSSR count). The molecule has 1 unspecified atom stereocenters. The number of alkyl halides is 2. The van der Waals surface area contributed by atoms with Crippen LogP contribution in [0.5, 0.6) is 5.75 Å². The van der Waals surface area contributed by atoms with Crippen LogP contribution in [0.1, 0.15) is 5.56 Å². The molecule has 0 heterocycles. The van der Waals surface area contributed by atoms with E-state index < -0.39 is 12.7 Å². The van der Waals surface area contributed by atoms with Gasteiger partial charge in [0.1, 0.15) is 5.75 Å². The summed E-state index contributed by atoms with van der Waals surface area (Å²) in [6.07, 6.45) is -0.855. The van der Waals surface area contributed by atoms with E-state index in [4.69, 9.17) is 10.2 Å². The van der Waals surface area contributed by atoms with Gasteiger partial charge in [0.05, 0.1) is 12.7 Å². The summed E-state index contributed by atoms with van der Waals surface area (Å²) in [5.41, 5.74) is 1.41. The highest BCUT2D eigenvalue weighted by molar-refractivity contribution is 5.53. The average Bonchev–Trinajstić information content (AvgIpc) is 2.26. The van der Waals surface area contributed by atoms with Crippen LogP contribution in [-0.2, 0) is 0 Å². The lowest BCUT2D eigenvalue weighted by Crippen LogP contribution is -2.23. The van der Waals surface area contributed by atoms with Crippen molar-refractivity contribution in [1.82, 2.24) is 0 Å². The van der Waals surface area contributed by atoms with E-state index >= 15 is 0 Å². The highest BCUT2D eigenvalue weighted by Gasteiger charge is 2.07. The maximum atomic E-state index is 12.0. The molecule has 0 aromatic heterocycles. The fraction of sp³-hybridized carbons (Fsp3) is 0.455. The molecule has 0 radical (unpaired) electrons. The summed E-state index contributed by atoms with van der Waals surface area (Å²) in [7, 11) is 0. The molecule has 3 N–H and O–H groups in total. The van der Waals surface area contributed by atoms with Crippen LogP contribution in [0.25, 0.3) is 0 Å². The largest absolute Gasteiger partial charge is 0.435 e. The van der Waals surface area contributed by atoms with Crippen LogP contribution >= 0.6 is 0 Å². The zero-order valence-electron chi connectivity index (χ0n) is 9.36. The lowest BCUT2D eigenvalue weighted by atomic mass is 10.2. The second-order valence-electron chi connectivity index (χ2n) is 3.57. The number of rotatable bonds is 6. The fourth-order valence-corrected chi connectivity index (χ4v) is 1.30. The standard InChI is InChI=1S/C11H15F2NO3/c1-7-4-9(17-11(12)13)2-3-10(7)14-5-8(16)6-15/h2-4,8,11,14-16H,5-6H2,1H3. The number of anilines is 1. The van der Waals surface area contributed by atoms with Crippen molar-refractivity contribution in [2.45, 2.75) is 19.6 Å². The van der Waals surface area contributed by atoms with Crippen LogP contribution in [0, 0.1) is 6.92 Å². The van der Waals surface area contributed by atoms with Gasteiger partial charge in [-0.25, -0.2) is 0 Å². The van der Waals surface area contributed by atoms with Crippen molar-refractivity contribution in [1.29, 1.82) is 0 Å². The molecule has 1 aromatic carbocycles. The van der Waals surface area contributed by atoms with Crippen LogP contribution in [0.15, 0.2) is 18.2 Å². The van der Waals surface area contributed by atoms with Crippen molar-refractivity contribution in [2.24, 2.45) is 0 Å². The normalized spacial score (nSPS) is 12.6. The number of benzene rings is 1. The highest BCUT2D eigenvalue weighted by Crippen LogP contribution is 2.22. The molecule has 0 fully saturated rings. The molecule has 0 aliphatic rings. The van der Waals surface area contributed by atoms with Crippen LogP contribution < -0.4 is 10.1 Å². The number of hydrogen-bond donors (Lipinski definition) is 3. The molecule has 0 saturated carbocycles. The molecule has 17 heavy (non-hydrogen) atoms. The van der Waals surface area contributed by atoms with Gasteiger partial charge in [0.2, 0.25) is 0 Å². The summed E-state index contributed by atoms with van der Waals surface area (Å²) in [6, 6.07) is 4.46. The van der Waals surface area contributed by atoms with Gasteiger partial charge in [-0.3, -0.25) is 0 Å². The molecular weight excluding hydrogens is 232 g/mol. The van der Waals surface area contributed by atoms with Gasteiger partial charge in [0.25, 0.3) is 0 Å². The fourth-order valence-electron chi connectivity index (χ4n) is 1.30. The number of aliphatic hydroxyl groups is 2. The lowest BCUT2D eigenvalue weighted by molar-refractivity contribution is -0.0498. The first-order valence-corrected chi connectivity index (χ1v) is 5.11. The first-order chi connectivity index (χ1) is 8.02. The second-order valence-corrected chi connectivity index (χ2v) is 3.57. The van der Waals surface area contributed by atoms with Gasteiger partial charge in [-0.05, 0) is 30.7 Å². The molecule has 0 aliphatic carbocycles. The smallest absolute Gasteiger partial charge is 0.387 e. The van der Waals surface area contributed by atoms with Crippen molar-refractivity contribution in [3.8, 4) is 5.75 Å². The maximum absolute atomic E-state index is 12.0. The Morgan fingerprint density at radius 1 is 1.41 bits per heavy atom. The molecule has 0 aliphatic heterocycles. The van der Waals surface area contributed by atoms with Gasteiger partial charge in [-0.2, -0.15) is 8.78 Å². The molecule has 96 valence electrons. The van der Waals surface area contributed by atoms with Crippen molar-refractivity contribution < 1.29 is 23.7 Å². The topological polar surface area (TPSA) is 61.7 Å². The third-order valence-corrected chi connectivity index (χ3v) is 2.16.